The molecule has 0 fully saturated rings. The van der Waals surface area contributed by atoms with Crippen molar-refractivity contribution >= 4 is 17.1 Å². The van der Waals surface area contributed by atoms with Crippen LogP contribution in [-0.2, 0) is 12.8 Å². The fourth-order valence-corrected chi connectivity index (χ4v) is 2.39. The summed E-state index contributed by atoms with van der Waals surface area (Å²) in [4.78, 5) is 17.0. The van der Waals surface area contributed by atoms with Crippen LogP contribution in [0, 0.1) is 0 Å². The summed E-state index contributed by atoms with van der Waals surface area (Å²) < 4.78 is 5.07. The number of nitrogens with zero attached hydrogens (tertiary/aromatic N) is 1. The zero-order chi connectivity index (χ0) is 13.0. The molecule has 3 nitrogen and oxygen atoms in total. The molecule has 0 saturated heterocycles. The zero-order valence-electron chi connectivity index (χ0n) is 10.5. The van der Waals surface area contributed by atoms with Gasteiger partial charge in [-0.1, -0.05) is 13.0 Å². The van der Waals surface area contributed by atoms with Crippen LogP contribution in [0.4, 0.5) is 0 Å². The largest absolute Gasteiger partial charge is 0.496 e. The fourth-order valence-electron chi connectivity index (χ4n) is 1.59. The lowest BCUT2D eigenvalue weighted by Crippen LogP contribution is -2.03. The Morgan fingerprint density at radius 1 is 1.44 bits per heavy atom. The monoisotopic (exact) mass is 261 g/mol. The van der Waals surface area contributed by atoms with Gasteiger partial charge in [-0.05, 0) is 18.1 Å². The summed E-state index contributed by atoms with van der Waals surface area (Å²) in [6.07, 6.45) is 3.13. The summed E-state index contributed by atoms with van der Waals surface area (Å²) in [5.41, 5.74) is 1.99. The van der Waals surface area contributed by atoms with Crippen LogP contribution in [0.15, 0.2) is 29.8 Å². The highest BCUT2D eigenvalue weighted by Crippen LogP contribution is 2.22. The third-order valence-electron chi connectivity index (χ3n) is 2.72. The highest BCUT2D eigenvalue weighted by atomic mass is 32.1. The van der Waals surface area contributed by atoms with E-state index in [2.05, 4.69) is 11.9 Å². The summed E-state index contributed by atoms with van der Waals surface area (Å²) in [6, 6.07) is 5.71. The number of hydrogen-bond donors (Lipinski definition) is 0. The molecule has 0 aliphatic rings. The van der Waals surface area contributed by atoms with E-state index in [-0.39, 0.29) is 5.78 Å². The second kappa shape index (κ2) is 5.78. The van der Waals surface area contributed by atoms with Crippen molar-refractivity contribution < 1.29 is 9.53 Å². The Labute approximate surface area is 110 Å². The minimum atomic E-state index is 0.0834. The molecular formula is C14H15NO2S. The van der Waals surface area contributed by atoms with Gasteiger partial charge in [0, 0.05) is 23.3 Å². The second-order valence-corrected chi connectivity index (χ2v) is 4.87. The lowest BCUT2D eigenvalue weighted by Gasteiger charge is -2.00. The lowest BCUT2D eigenvalue weighted by atomic mass is 10.1. The van der Waals surface area contributed by atoms with Gasteiger partial charge in [0.25, 0.3) is 0 Å². The highest BCUT2D eigenvalue weighted by Gasteiger charge is 2.11. The minimum absolute atomic E-state index is 0.0834. The Morgan fingerprint density at radius 3 is 2.83 bits per heavy atom. The van der Waals surface area contributed by atoms with Crippen LogP contribution < -0.4 is 4.74 Å². The van der Waals surface area contributed by atoms with E-state index in [0.29, 0.717) is 11.3 Å². The van der Waals surface area contributed by atoms with Gasteiger partial charge in [0.05, 0.1) is 18.4 Å². The first-order valence-electron chi connectivity index (χ1n) is 5.82. The molecule has 0 bridgehead atoms. The molecule has 2 heterocycles. The lowest BCUT2D eigenvalue weighted by molar-refractivity contribution is 0.0995. The number of thiophene rings is 1. The van der Waals surface area contributed by atoms with Gasteiger partial charge in [0.15, 0.2) is 5.78 Å². The maximum absolute atomic E-state index is 12.0. The molecule has 2 aromatic rings. The minimum Gasteiger partial charge on any atom is -0.496 e. The van der Waals surface area contributed by atoms with Crippen LogP contribution in [0.25, 0.3) is 0 Å². The van der Waals surface area contributed by atoms with Crippen molar-refractivity contribution in [3.05, 3.63) is 45.9 Å². The number of methoxy groups -OCH3 is 1. The van der Waals surface area contributed by atoms with Gasteiger partial charge in [-0.3, -0.25) is 9.78 Å². The molecule has 0 amide bonds. The third kappa shape index (κ3) is 2.96. The summed E-state index contributed by atoms with van der Waals surface area (Å²) in [5, 5.41) is 1.83. The Hall–Kier alpha value is -1.68. The van der Waals surface area contributed by atoms with Crippen LogP contribution in [0.2, 0.25) is 0 Å². The summed E-state index contributed by atoms with van der Waals surface area (Å²) in [5.74, 6) is 0.817. The first kappa shape index (κ1) is 12.8. The number of Topliss-reactive ketones (excluding diaryl/α,β-unsaturated/α-hetero) is 1. The van der Waals surface area contributed by atoms with E-state index in [9.17, 15) is 4.79 Å². The second-order valence-electron chi connectivity index (χ2n) is 3.96. The van der Waals surface area contributed by atoms with Crippen LogP contribution in [-0.4, -0.2) is 17.9 Å². The van der Waals surface area contributed by atoms with Crippen LogP contribution in [0.5, 0.6) is 5.75 Å². The smallest absolute Gasteiger partial charge is 0.178 e. The first-order chi connectivity index (χ1) is 8.72. The number of rotatable bonds is 5. The number of ether oxygens (including phenoxy) is 1. The van der Waals surface area contributed by atoms with E-state index in [4.69, 9.17) is 4.74 Å². The van der Waals surface area contributed by atoms with Crippen molar-refractivity contribution in [2.45, 2.75) is 19.8 Å². The number of ketones is 1. The number of pyridine rings is 1. The quantitative estimate of drug-likeness (QED) is 0.776. The van der Waals surface area contributed by atoms with Gasteiger partial charge in [0.2, 0.25) is 0 Å². The maximum atomic E-state index is 12.0. The van der Waals surface area contributed by atoms with Crippen LogP contribution >= 0.6 is 11.3 Å². The summed E-state index contributed by atoms with van der Waals surface area (Å²) >= 11 is 1.41. The average molecular weight is 261 g/mol. The predicted octanol–water partition coefficient (Wildman–Crippen LogP) is 3.14. The third-order valence-corrected chi connectivity index (χ3v) is 3.67. The Kier molecular flexibility index (Phi) is 4.10. The number of carbonyl (C=O) groups excluding carboxylic acids is 1. The van der Waals surface area contributed by atoms with Gasteiger partial charge in [-0.2, -0.15) is 0 Å². The van der Waals surface area contributed by atoms with Crippen molar-refractivity contribution in [1.29, 1.82) is 0 Å². The van der Waals surface area contributed by atoms with Gasteiger partial charge >= 0.3 is 0 Å². The predicted molar refractivity (Wildman–Crippen MR) is 72.5 cm³/mol. The Morgan fingerprint density at radius 2 is 2.28 bits per heavy atom. The van der Waals surface area contributed by atoms with Gasteiger partial charge in [-0.15, -0.1) is 11.3 Å². The standard InChI is InChI=1S/C14H15NO2S/c1-3-10-4-5-11(15-8-10)6-13(16)14-7-12(17-2)9-18-14/h4-5,7-9H,3,6H2,1-2H3. The van der Waals surface area contributed by atoms with Crippen molar-refractivity contribution in [3.63, 3.8) is 0 Å². The molecule has 0 unspecified atom stereocenters. The van der Waals surface area contributed by atoms with E-state index < -0.39 is 0 Å². The number of aromatic nitrogens is 1. The van der Waals surface area contributed by atoms with E-state index in [1.807, 2.05) is 23.7 Å². The highest BCUT2D eigenvalue weighted by molar-refractivity contribution is 7.12. The molecule has 18 heavy (non-hydrogen) atoms. The molecule has 0 radical (unpaired) electrons. The summed E-state index contributed by atoms with van der Waals surface area (Å²) in [7, 11) is 1.60. The first-order valence-corrected chi connectivity index (χ1v) is 6.70. The normalized spacial score (nSPS) is 10.3. The van der Waals surface area contributed by atoms with Crippen molar-refractivity contribution in [1.82, 2.24) is 4.98 Å². The maximum Gasteiger partial charge on any atom is 0.178 e. The molecule has 2 rings (SSSR count). The Bertz CT molecular complexity index is 531. The van der Waals surface area contributed by atoms with E-state index in [0.717, 1.165) is 17.9 Å². The molecule has 0 spiro atoms. The van der Waals surface area contributed by atoms with Gasteiger partial charge in [0.1, 0.15) is 5.75 Å². The molecule has 2 aromatic heterocycles. The van der Waals surface area contributed by atoms with Gasteiger partial charge in [-0.25, -0.2) is 0 Å². The van der Waals surface area contributed by atoms with Crippen molar-refractivity contribution in [2.75, 3.05) is 7.11 Å². The fraction of sp³-hybridized carbons (Fsp3) is 0.286. The number of hydrogen-bond acceptors (Lipinski definition) is 4. The summed E-state index contributed by atoms with van der Waals surface area (Å²) in [6.45, 7) is 2.08. The Balaban J connectivity index is 2.06. The van der Waals surface area contributed by atoms with Crippen LogP contribution in [0.1, 0.15) is 27.9 Å². The molecule has 0 N–H and O–H groups in total. The van der Waals surface area contributed by atoms with E-state index in [1.54, 1.807) is 13.2 Å². The number of aryl methyl sites for hydroxylation is 1. The SMILES string of the molecule is CCc1ccc(CC(=O)c2cc(OC)cs2)nc1. The van der Waals surface area contributed by atoms with Crippen LogP contribution in [0.3, 0.4) is 0 Å². The number of carbonyl (C=O) groups is 1. The average Bonchev–Trinajstić information content (AvgIpc) is 2.88. The zero-order valence-corrected chi connectivity index (χ0v) is 11.3. The van der Waals surface area contributed by atoms with E-state index >= 15 is 0 Å². The molecule has 0 saturated carbocycles. The molecule has 94 valence electrons. The molecule has 0 atom stereocenters. The molecule has 4 heteroatoms. The molecule has 0 aliphatic heterocycles. The van der Waals surface area contributed by atoms with Crippen molar-refractivity contribution in [3.8, 4) is 5.75 Å². The molecular weight excluding hydrogens is 246 g/mol. The van der Waals surface area contributed by atoms with Gasteiger partial charge < -0.3 is 4.74 Å². The molecule has 0 aromatic carbocycles. The topological polar surface area (TPSA) is 39.2 Å². The molecule has 0 aliphatic carbocycles. The van der Waals surface area contributed by atoms with E-state index in [1.165, 1.54) is 16.9 Å². The van der Waals surface area contributed by atoms with Crippen molar-refractivity contribution in [2.24, 2.45) is 0 Å².